The Hall–Kier alpha value is -3.85. The molecule has 2 aromatic carbocycles. The average molecular weight is 452 g/mol. The van der Waals surface area contributed by atoms with Crippen LogP contribution in [-0.4, -0.2) is 58.6 Å². The number of nitrogens with one attached hydrogen (secondary N) is 1. The summed E-state index contributed by atoms with van der Waals surface area (Å²) < 4.78 is 20.3. The van der Waals surface area contributed by atoms with Gasteiger partial charge in [-0.1, -0.05) is 12.1 Å². The largest absolute Gasteiger partial charge is 0.488 e. The van der Waals surface area contributed by atoms with Gasteiger partial charge in [-0.25, -0.2) is 14.4 Å². The molecule has 33 heavy (non-hydrogen) atoms. The van der Waals surface area contributed by atoms with E-state index in [1.54, 1.807) is 24.5 Å². The summed E-state index contributed by atoms with van der Waals surface area (Å²) in [4.78, 5) is 31.4. The Morgan fingerprint density at radius 2 is 1.82 bits per heavy atom. The summed E-state index contributed by atoms with van der Waals surface area (Å²) in [5, 5.41) is 9.75. The first-order chi connectivity index (χ1) is 16.0. The molecule has 9 heteroatoms. The molecule has 1 fully saturated rings. The lowest BCUT2D eigenvalue weighted by Gasteiger charge is -2.29. The monoisotopic (exact) mass is 452 g/mol. The van der Waals surface area contributed by atoms with Crippen molar-refractivity contribution in [2.24, 2.45) is 0 Å². The van der Waals surface area contributed by atoms with Gasteiger partial charge in [-0.15, -0.1) is 0 Å². The number of carbonyl (C=O) groups is 2. The van der Waals surface area contributed by atoms with E-state index in [4.69, 9.17) is 14.6 Å². The minimum absolute atomic E-state index is 0.109. The van der Waals surface area contributed by atoms with Gasteiger partial charge in [0.25, 0.3) is 12.4 Å². The second-order valence-corrected chi connectivity index (χ2v) is 7.53. The predicted molar refractivity (Wildman–Crippen MR) is 122 cm³/mol. The number of hydrogen-bond acceptors (Lipinski definition) is 6. The Morgan fingerprint density at radius 3 is 2.52 bits per heavy atom. The summed E-state index contributed by atoms with van der Waals surface area (Å²) >= 11 is 0. The zero-order valence-electron chi connectivity index (χ0n) is 18.1. The van der Waals surface area contributed by atoms with E-state index in [1.807, 2.05) is 18.2 Å². The molecular formula is C24H25FN4O4. The lowest BCUT2D eigenvalue weighted by molar-refractivity contribution is -0.122. The van der Waals surface area contributed by atoms with Gasteiger partial charge in [-0.05, 0) is 55.8 Å². The second-order valence-electron chi connectivity index (χ2n) is 7.53. The Labute approximate surface area is 191 Å². The van der Waals surface area contributed by atoms with E-state index >= 15 is 0 Å². The number of rotatable bonds is 5. The van der Waals surface area contributed by atoms with Crippen LogP contribution in [0.15, 0.2) is 61.2 Å². The fraction of sp³-hybridized carbons (Fsp3) is 0.250. The third-order valence-corrected chi connectivity index (χ3v) is 5.15. The van der Waals surface area contributed by atoms with Crippen LogP contribution in [0.4, 0.5) is 10.1 Å². The number of likely N-dealkylation sites (tertiary alicyclic amines) is 1. The van der Waals surface area contributed by atoms with E-state index in [0.717, 1.165) is 25.9 Å². The van der Waals surface area contributed by atoms with Crippen molar-refractivity contribution in [3.05, 3.63) is 72.6 Å². The Bertz CT molecular complexity index is 1070. The summed E-state index contributed by atoms with van der Waals surface area (Å²) in [6, 6.07) is 11.5. The maximum Gasteiger partial charge on any atom is 0.290 e. The highest BCUT2D eigenvalue weighted by Crippen LogP contribution is 2.28. The highest BCUT2D eigenvalue weighted by molar-refractivity contribution is 6.05. The van der Waals surface area contributed by atoms with Crippen LogP contribution in [-0.2, 0) is 4.79 Å². The molecule has 1 aliphatic rings. The van der Waals surface area contributed by atoms with Crippen molar-refractivity contribution < 1.29 is 23.8 Å². The van der Waals surface area contributed by atoms with Crippen molar-refractivity contribution >= 4 is 18.1 Å². The maximum absolute atomic E-state index is 14.2. The molecule has 0 atom stereocenters. The smallest absolute Gasteiger partial charge is 0.290 e. The van der Waals surface area contributed by atoms with Crippen molar-refractivity contribution in [3.8, 4) is 16.9 Å². The zero-order valence-corrected chi connectivity index (χ0v) is 18.1. The quantitative estimate of drug-likeness (QED) is 0.569. The third kappa shape index (κ3) is 6.81. The van der Waals surface area contributed by atoms with E-state index in [-0.39, 0.29) is 18.1 Å². The van der Waals surface area contributed by atoms with Crippen LogP contribution in [0, 0.1) is 5.82 Å². The van der Waals surface area contributed by atoms with Crippen LogP contribution in [0.1, 0.15) is 23.2 Å². The van der Waals surface area contributed by atoms with E-state index in [1.165, 1.54) is 18.5 Å². The Morgan fingerprint density at radius 1 is 1.15 bits per heavy atom. The number of aromatic nitrogens is 2. The Kier molecular flexibility index (Phi) is 8.43. The standard InChI is InChI=1S/C23H23FN4O2.CH2O2/c1-28-8-6-20(7-9-28)30-22-5-3-2-4-21(22)27-23(29)17-10-16(11-19(24)12-17)18-13-25-15-26-14-18;2-1-3/h2-5,10-15,20H,6-9H2,1H3,(H,27,29);1H,(H,2,3). The van der Waals surface area contributed by atoms with Crippen LogP contribution >= 0.6 is 0 Å². The first-order valence-corrected chi connectivity index (χ1v) is 10.4. The molecule has 1 saturated heterocycles. The SMILES string of the molecule is CN1CCC(Oc2ccccc2NC(=O)c2cc(F)cc(-c3cncnc3)c2)CC1.O=CO. The molecule has 172 valence electrons. The van der Waals surface area contributed by atoms with Gasteiger partial charge < -0.3 is 20.1 Å². The van der Waals surface area contributed by atoms with Gasteiger partial charge in [0, 0.05) is 36.6 Å². The normalized spacial score (nSPS) is 14.0. The van der Waals surface area contributed by atoms with E-state index < -0.39 is 11.7 Å². The molecule has 1 aromatic heterocycles. The number of hydrogen-bond donors (Lipinski definition) is 2. The average Bonchev–Trinajstić information content (AvgIpc) is 2.82. The fourth-order valence-corrected chi connectivity index (χ4v) is 3.49. The number of para-hydroxylation sites is 2. The van der Waals surface area contributed by atoms with Crippen LogP contribution in [0.25, 0.3) is 11.1 Å². The number of ether oxygens (including phenoxy) is 1. The number of nitrogens with zero attached hydrogens (tertiary/aromatic N) is 3. The van der Waals surface area contributed by atoms with E-state index in [2.05, 4.69) is 27.2 Å². The molecule has 2 heterocycles. The van der Waals surface area contributed by atoms with Crippen LogP contribution in [0.2, 0.25) is 0 Å². The molecule has 0 aliphatic carbocycles. The third-order valence-electron chi connectivity index (χ3n) is 5.15. The maximum atomic E-state index is 14.2. The molecular weight excluding hydrogens is 427 g/mol. The lowest BCUT2D eigenvalue weighted by atomic mass is 10.0. The number of carbonyl (C=O) groups excluding carboxylic acids is 1. The van der Waals surface area contributed by atoms with Gasteiger partial charge in [-0.2, -0.15) is 0 Å². The lowest BCUT2D eigenvalue weighted by Crippen LogP contribution is -2.35. The molecule has 4 rings (SSSR count). The number of halogens is 1. The molecule has 0 saturated carbocycles. The summed E-state index contributed by atoms with van der Waals surface area (Å²) in [7, 11) is 2.10. The molecule has 0 radical (unpaired) electrons. The summed E-state index contributed by atoms with van der Waals surface area (Å²) in [5.74, 6) is -0.294. The second kappa shape index (κ2) is 11.7. The number of anilines is 1. The van der Waals surface area contributed by atoms with E-state index in [9.17, 15) is 9.18 Å². The van der Waals surface area contributed by atoms with Crippen LogP contribution in [0.5, 0.6) is 5.75 Å². The Balaban J connectivity index is 0.000000968. The molecule has 2 N–H and O–H groups in total. The first-order valence-electron chi connectivity index (χ1n) is 10.4. The number of piperidine rings is 1. The fourth-order valence-electron chi connectivity index (χ4n) is 3.49. The molecule has 8 nitrogen and oxygen atoms in total. The van der Waals surface area contributed by atoms with Crippen molar-refractivity contribution in [1.82, 2.24) is 14.9 Å². The van der Waals surface area contributed by atoms with Gasteiger partial charge in [0.15, 0.2) is 0 Å². The van der Waals surface area contributed by atoms with Crippen molar-refractivity contribution in [3.63, 3.8) is 0 Å². The number of amides is 1. The highest BCUT2D eigenvalue weighted by atomic mass is 19.1. The number of benzene rings is 2. The first kappa shape index (κ1) is 23.8. The minimum atomic E-state index is -0.502. The van der Waals surface area contributed by atoms with Gasteiger partial charge in [0.2, 0.25) is 0 Å². The topological polar surface area (TPSA) is 105 Å². The van der Waals surface area contributed by atoms with Crippen LogP contribution < -0.4 is 10.1 Å². The molecule has 0 spiro atoms. The minimum Gasteiger partial charge on any atom is -0.488 e. The van der Waals surface area contributed by atoms with Gasteiger partial charge in [0.05, 0.1) is 5.69 Å². The van der Waals surface area contributed by atoms with Crippen molar-refractivity contribution in [2.45, 2.75) is 18.9 Å². The molecule has 0 unspecified atom stereocenters. The number of carboxylic acid groups (broad SMARTS) is 1. The van der Waals surface area contributed by atoms with Crippen molar-refractivity contribution in [1.29, 1.82) is 0 Å². The van der Waals surface area contributed by atoms with Gasteiger partial charge >= 0.3 is 0 Å². The van der Waals surface area contributed by atoms with Crippen LogP contribution in [0.3, 0.4) is 0 Å². The molecule has 0 bridgehead atoms. The van der Waals surface area contributed by atoms with E-state index in [0.29, 0.717) is 22.6 Å². The highest BCUT2D eigenvalue weighted by Gasteiger charge is 2.20. The zero-order chi connectivity index (χ0) is 23.6. The molecule has 3 aromatic rings. The summed E-state index contributed by atoms with van der Waals surface area (Å²) in [5.41, 5.74) is 1.95. The van der Waals surface area contributed by atoms with Crippen molar-refractivity contribution in [2.75, 3.05) is 25.5 Å². The molecule has 1 amide bonds. The van der Waals surface area contributed by atoms with Gasteiger partial charge in [0.1, 0.15) is 24.0 Å². The molecule has 1 aliphatic heterocycles. The summed E-state index contributed by atoms with van der Waals surface area (Å²) in [6.45, 7) is 1.71. The summed E-state index contributed by atoms with van der Waals surface area (Å²) in [6.07, 6.45) is 6.54. The van der Waals surface area contributed by atoms with Gasteiger partial charge in [-0.3, -0.25) is 9.59 Å². The predicted octanol–water partition coefficient (Wildman–Crippen LogP) is 3.71.